The number of pyridine rings is 1. The van der Waals surface area contributed by atoms with Gasteiger partial charge in [-0.15, -0.1) is 0 Å². The van der Waals surface area contributed by atoms with Crippen molar-refractivity contribution in [1.82, 2.24) is 4.73 Å². The maximum Gasteiger partial charge on any atom is 0.333 e. The Morgan fingerprint density at radius 2 is 1.47 bits per heavy atom. The largest absolute Gasteiger partial charge is 0.336 e. The molecule has 0 aliphatic heterocycles. The first kappa shape index (κ1) is 22.9. The quantitative estimate of drug-likeness (QED) is 0.287. The maximum absolute atomic E-state index is 13.5. The first-order chi connectivity index (χ1) is 17.3. The smallest absolute Gasteiger partial charge is 0.333 e. The van der Waals surface area contributed by atoms with Crippen molar-refractivity contribution in [2.45, 2.75) is 45.4 Å². The topological polar surface area (TPSA) is 31.2 Å². The van der Waals surface area contributed by atoms with Gasteiger partial charge in [-0.2, -0.15) is 4.73 Å². The number of aryl methyl sites for hydroxylation is 2. The Balaban J connectivity index is 1.61. The summed E-state index contributed by atoms with van der Waals surface area (Å²) in [6, 6.07) is 27.5. The standard InChI is InChI=1S/C32H29NO2S/c1-20-16-17-21(2)30-28(20)29-22-11-5-7-13-24(22)32(30,25-14-8-6-12-23(25)29)31(3,4)19-27(34)35-33-18-10-9-15-26(33)36/h5-18,29H,19H2,1-4H3. The third kappa shape index (κ3) is 2.97. The lowest BCUT2D eigenvalue weighted by Crippen LogP contribution is -2.53. The van der Waals surface area contributed by atoms with E-state index < -0.39 is 10.8 Å². The predicted octanol–water partition coefficient (Wildman–Crippen LogP) is 7.05. The Kier molecular flexibility index (Phi) is 5.10. The Bertz CT molecular complexity index is 1550. The van der Waals surface area contributed by atoms with Gasteiger partial charge in [0.05, 0.1) is 11.8 Å². The molecule has 0 atom stereocenters. The molecule has 0 fully saturated rings. The number of nitrogens with zero attached hydrogens (tertiary/aromatic N) is 1. The Morgan fingerprint density at radius 1 is 0.889 bits per heavy atom. The van der Waals surface area contributed by atoms with Crippen molar-refractivity contribution in [3.05, 3.63) is 134 Å². The van der Waals surface area contributed by atoms with Crippen LogP contribution in [0.4, 0.5) is 0 Å². The van der Waals surface area contributed by atoms with Gasteiger partial charge in [0.1, 0.15) is 4.64 Å². The van der Waals surface area contributed by atoms with Crippen LogP contribution in [0.15, 0.2) is 85.1 Å². The van der Waals surface area contributed by atoms with Gasteiger partial charge >= 0.3 is 5.97 Å². The number of hydrogen-bond acceptors (Lipinski definition) is 3. The van der Waals surface area contributed by atoms with Crippen molar-refractivity contribution >= 4 is 18.2 Å². The normalized spacial score (nSPS) is 19.3. The first-order valence-electron chi connectivity index (χ1n) is 12.5. The molecule has 0 saturated heterocycles. The summed E-state index contributed by atoms with van der Waals surface area (Å²) in [5, 5.41) is 0. The van der Waals surface area contributed by atoms with E-state index in [4.69, 9.17) is 17.1 Å². The summed E-state index contributed by atoms with van der Waals surface area (Å²) in [4.78, 5) is 19.3. The number of carbonyl (C=O) groups is 1. The van der Waals surface area contributed by atoms with E-state index in [9.17, 15) is 4.79 Å². The zero-order chi connectivity index (χ0) is 25.2. The lowest BCUT2D eigenvalue weighted by Gasteiger charge is -2.58. The second-order valence-corrected chi connectivity index (χ2v) is 11.2. The summed E-state index contributed by atoms with van der Waals surface area (Å²) >= 11 is 5.36. The molecule has 36 heavy (non-hydrogen) atoms. The second-order valence-electron chi connectivity index (χ2n) is 10.7. The van der Waals surface area contributed by atoms with Gasteiger partial charge in [-0.25, -0.2) is 4.79 Å². The van der Waals surface area contributed by atoms with Gasteiger partial charge in [0.15, 0.2) is 0 Å². The van der Waals surface area contributed by atoms with Crippen LogP contribution in [-0.4, -0.2) is 10.7 Å². The van der Waals surface area contributed by atoms with Crippen LogP contribution in [0.2, 0.25) is 0 Å². The molecule has 7 rings (SSSR count). The molecular formula is C32H29NO2S. The summed E-state index contributed by atoms with van der Waals surface area (Å²) in [6.45, 7) is 8.85. The van der Waals surface area contributed by atoms with Crippen LogP contribution in [-0.2, 0) is 10.2 Å². The molecule has 1 heterocycles. The molecule has 3 aromatic carbocycles. The highest BCUT2D eigenvalue weighted by atomic mass is 32.1. The minimum Gasteiger partial charge on any atom is -0.336 e. The third-order valence-electron chi connectivity index (χ3n) is 8.28. The maximum atomic E-state index is 13.5. The van der Waals surface area contributed by atoms with Gasteiger partial charge in [0, 0.05) is 12.1 Å². The lowest BCUT2D eigenvalue weighted by atomic mass is 9.44. The van der Waals surface area contributed by atoms with Gasteiger partial charge < -0.3 is 4.84 Å². The van der Waals surface area contributed by atoms with E-state index in [1.54, 1.807) is 12.3 Å². The van der Waals surface area contributed by atoms with E-state index in [1.165, 1.54) is 49.2 Å². The zero-order valence-electron chi connectivity index (χ0n) is 21.0. The minimum absolute atomic E-state index is 0.194. The van der Waals surface area contributed by atoms with E-state index >= 15 is 0 Å². The molecule has 0 N–H and O–H groups in total. The number of aromatic nitrogens is 1. The van der Waals surface area contributed by atoms with Crippen molar-refractivity contribution in [2.24, 2.45) is 5.41 Å². The van der Waals surface area contributed by atoms with Crippen molar-refractivity contribution < 1.29 is 9.63 Å². The fourth-order valence-corrected chi connectivity index (χ4v) is 7.14. The number of benzene rings is 3. The van der Waals surface area contributed by atoms with Gasteiger partial charge in [-0.3, -0.25) is 0 Å². The third-order valence-corrected chi connectivity index (χ3v) is 8.59. The van der Waals surface area contributed by atoms with Crippen molar-refractivity contribution in [2.75, 3.05) is 0 Å². The Labute approximate surface area is 217 Å². The molecule has 180 valence electrons. The highest BCUT2D eigenvalue weighted by molar-refractivity contribution is 7.71. The monoisotopic (exact) mass is 491 g/mol. The molecule has 0 amide bonds. The van der Waals surface area contributed by atoms with Crippen molar-refractivity contribution in [1.29, 1.82) is 0 Å². The van der Waals surface area contributed by atoms with E-state index in [1.807, 2.05) is 12.1 Å². The van der Waals surface area contributed by atoms with Crippen LogP contribution >= 0.6 is 12.2 Å². The number of rotatable bonds is 4. The Morgan fingerprint density at radius 3 is 2.11 bits per heavy atom. The average molecular weight is 492 g/mol. The summed E-state index contributed by atoms with van der Waals surface area (Å²) in [7, 11) is 0. The summed E-state index contributed by atoms with van der Waals surface area (Å²) in [5.74, 6) is -0.106. The molecule has 0 unspecified atom stereocenters. The molecule has 0 spiro atoms. The highest BCUT2D eigenvalue weighted by Gasteiger charge is 2.60. The van der Waals surface area contributed by atoms with Crippen molar-refractivity contribution in [3.63, 3.8) is 0 Å². The van der Waals surface area contributed by atoms with Crippen LogP contribution < -0.4 is 4.84 Å². The number of carbonyl (C=O) groups excluding carboxylic acids is 1. The summed E-state index contributed by atoms with van der Waals surface area (Å²) in [6.07, 6.45) is 1.91. The van der Waals surface area contributed by atoms with Gasteiger partial charge in [-0.05, 0) is 75.9 Å². The van der Waals surface area contributed by atoms with Crippen LogP contribution in [0.5, 0.6) is 0 Å². The molecule has 0 radical (unpaired) electrons. The molecule has 3 aliphatic rings. The Hall–Kier alpha value is -3.50. The molecule has 3 aliphatic carbocycles. The minimum atomic E-state index is -0.508. The molecule has 0 saturated carbocycles. The van der Waals surface area contributed by atoms with Crippen LogP contribution in [0.25, 0.3) is 0 Å². The molecule has 1 aromatic heterocycles. The molecule has 2 bridgehead atoms. The average Bonchev–Trinajstić information content (AvgIpc) is 2.87. The predicted molar refractivity (Wildman–Crippen MR) is 145 cm³/mol. The first-order valence-corrected chi connectivity index (χ1v) is 12.9. The molecule has 4 aromatic rings. The van der Waals surface area contributed by atoms with Gasteiger partial charge in [0.2, 0.25) is 0 Å². The van der Waals surface area contributed by atoms with E-state index in [0.717, 1.165) is 0 Å². The van der Waals surface area contributed by atoms with E-state index in [2.05, 4.69) is 88.4 Å². The fraction of sp³-hybridized carbons (Fsp3) is 0.250. The molecule has 3 nitrogen and oxygen atoms in total. The SMILES string of the molecule is Cc1ccc(C)c2c1C1c3ccccc3C2(C(C)(C)CC(=O)On2ccccc2=S)c2ccccc21. The number of hydrogen-bond donors (Lipinski definition) is 0. The summed E-state index contributed by atoms with van der Waals surface area (Å²) in [5.41, 5.74) is 9.54. The second kappa shape index (κ2) is 8.01. The van der Waals surface area contributed by atoms with Gasteiger partial charge in [-0.1, -0.05) is 92.8 Å². The molecule has 4 heteroatoms. The highest BCUT2D eigenvalue weighted by Crippen LogP contribution is 2.66. The zero-order valence-corrected chi connectivity index (χ0v) is 21.9. The van der Waals surface area contributed by atoms with Crippen LogP contribution in [0.1, 0.15) is 70.7 Å². The van der Waals surface area contributed by atoms with Crippen molar-refractivity contribution in [3.8, 4) is 0 Å². The van der Waals surface area contributed by atoms with Crippen LogP contribution in [0.3, 0.4) is 0 Å². The fourth-order valence-electron chi connectivity index (χ4n) is 6.97. The van der Waals surface area contributed by atoms with E-state index in [-0.39, 0.29) is 18.3 Å². The molecular weight excluding hydrogens is 462 g/mol. The summed E-state index contributed by atoms with van der Waals surface area (Å²) < 4.78 is 1.85. The van der Waals surface area contributed by atoms with Gasteiger partial charge in [0.25, 0.3) is 0 Å². The van der Waals surface area contributed by atoms with E-state index in [0.29, 0.717) is 4.64 Å². The van der Waals surface area contributed by atoms with Crippen LogP contribution in [0, 0.1) is 23.9 Å². The lowest BCUT2D eigenvalue weighted by molar-refractivity contribution is -0.147.